The number of para-hydroxylation sites is 1. The Labute approximate surface area is 162 Å². The van der Waals surface area contributed by atoms with Gasteiger partial charge in [0.05, 0.1) is 5.52 Å². The second-order valence-electron chi connectivity index (χ2n) is 7.74. The van der Waals surface area contributed by atoms with E-state index in [1.54, 1.807) is 0 Å². The van der Waals surface area contributed by atoms with Crippen molar-refractivity contribution >= 4 is 22.6 Å². The van der Waals surface area contributed by atoms with Crippen molar-refractivity contribution in [1.82, 2.24) is 14.8 Å². The predicted molar refractivity (Wildman–Crippen MR) is 110 cm³/mol. The van der Waals surface area contributed by atoms with E-state index < -0.39 is 0 Å². The second kappa shape index (κ2) is 8.70. The van der Waals surface area contributed by atoms with E-state index in [1.165, 1.54) is 18.2 Å². The predicted octanol–water partition coefficient (Wildman–Crippen LogP) is 3.15. The molecule has 1 aromatic heterocycles. The molecule has 2 aliphatic rings. The maximum absolute atomic E-state index is 11.8. The van der Waals surface area contributed by atoms with Crippen LogP contribution in [0.15, 0.2) is 36.4 Å². The molecule has 0 N–H and O–H groups in total. The molecule has 2 saturated heterocycles. The molecular formula is C22H30N4O. The Morgan fingerprint density at radius 1 is 0.852 bits per heavy atom. The first-order valence-electron chi connectivity index (χ1n) is 10.4. The highest BCUT2D eigenvalue weighted by molar-refractivity contribution is 5.80. The number of piperidine rings is 1. The number of aromatic nitrogens is 1. The largest absolute Gasteiger partial charge is 0.354 e. The van der Waals surface area contributed by atoms with Gasteiger partial charge in [-0.05, 0) is 50.4 Å². The summed E-state index contributed by atoms with van der Waals surface area (Å²) in [6.45, 7) is 7.32. The van der Waals surface area contributed by atoms with Gasteiger partial charge in [0.15, 0.2) is 0 Å². The van der Waals surface area contributed by atoms with Crippen LogP contribution in [0.25, 0.3) is 10.9 Å². The van der Waals surface area contributed by atoms with E-state index in [0.717, 1.165) is 76.4 Å². The van der Waals surface area contributed by atoms with E-state index in [-0.39, 0.29) is 0 Å². The molecule has 0 bridgehead atoms. The first-order valence-corrected chi connectivity index (χ1v) is 10.4. The summed E-state index contributed by atoms with van der Waals surface area (Å²) >= 11 is 0. The van der Waals surface area contributed by atoms with Gasteiger partial charge in [-0.15, -0.1) is 0 Å². The molecule has 0 unspecified atom stereocenters. The summed E-state index contributed by atoms with van der Waals surface area (Å²) in [5.41, 5.74) is 1.07. The van der Waals surface area contributed by atoms with Crippen LogP contribution in [0.4, 0.5) is 5.82 Å². The fraction of sp³-hybridized carbons (Fsp3) is 0.545. The van der Waals surface area contributed by atoms with Crippen LogP contribution in [0.2, 0.25) is 0 Å². The van der Waals surface area contributed by atoms with Crippen LogP contribution < -0.4 is 4.90 Å². The van der Waals surface area contributed by atoms with E-state index >= 15 is 0 Å². The average Bonchev–Trinajstić information content (AvgIpc) is 2.72. The zero-order valence-corrected chi connectivity index (χ0v) is 16.1. The van der Waals surface area contributed by atoms with Gasteiger partial charge in [-0.1, -0.05) is 18.2 Å². The van der Waals surface area contributed by atoms with E-state index in [2.05, 4.69) is 51.1 Å². The Hall–Kier alpha value is -2.14. The normalized spacial score (nSPS) is 19.0. The summed E-state index contributed by atoms with van der Waals surface area (Å²) in [5, 5.41) is 1.20. The van der Waals surface area contributed by atoms with Crippen LogP contribution in [-0.4, -0.2) is 66.5 Å². The van der Waals surface area contributed by atoms with E-state index in [1.807, 2.05) is 0 Å². The molecule has 0 atom stereocenters. The summed E-state index contributed by atoms with van der Waals surface area (Å²) in [4.78, 5) is 23.7. The van der Waals surface area contributed by atoms with Crippen LogP contribution in [0, 0.1) is 0 Å². The first kappa shape index (κ1) is 18.2. The maximum atomic E-state index is 11.8. The standard InChI is InChI=1S/C22H30N4O/c27-22-9-3-4-13-26(22)14-6-5-12-24-15-17-25(18-16-24)21-11-10-19-7-1-2-8-20(19)23-21/h1-2,7-8,10-11H,3-6,9,12-18H2. The molecule has 0 saturated carbocycles. The van der Waals surface area contributed by atoms with Gasteiger partial charge < -0.3 is 9.80 Å². The van der Waals surface area contributed by atoms with Gasteiger partial charge in [-0.2, -0.15) is 0 Å². The molecule has 1 aromatic carbocycles. The zero-order chi connectivity index (χ0) is 18.5. The van der Waals surface area contributed by atoms with E-state index in [9.17, 15) is 4.79 Å². The molecule has 27 heavy (non-hydrogen) atoms. The lowest BCUT2D eigenvalue weighted by Crippen LogP contribution is -2.47. The molecule has 0 radical (unpaired) electrons. The number of hydrogen-bond donors (Lipinski definition) is 0. The third-order valence-corrected chi connectivity index (χ3v) is 5.85. The molecule has 2 aromatic rings. The Morgan fingerprint density at radius 2 is 1.67 bits per heavy atom. The lowest BCUT2D eigenvalue weighted by atomic mass is 10.1. The molecule has 144 valence electrons. The molecule has 2 aliphatic heterocycles. The molecule has 0 spiro atoms. The highest BCUT2D eigenvalue weighted by Crippen LogP contribution is 2.19. The minimum absolute atomic E-state index is 0.359. The van der Waals surface area contributed by atoms with Crippen molar-refractivity contribution in [3.63, 3.8) is 0 Å². The van der Waals surface area contributed by atoms with Crippen LogP contribution in [0.5, 0.6) is 0 Å². The van der Waals surface area contributed by atoms with Crippen molar-refractivity contribution < 1.29 is 4.79 Å². The number of hydrogen-bond acceptors (Lipinski definition) is 4. The summed E-state index contributed by atoms with van der Waals surface area (Å²) in [6, 6.07) is 12.6. The Morgan fingerprint density at radius 3 is 2.52 bits per heavy atom. The number of benzene rings is 1. The maximum Gasteiger partial charge on any atom is 0.222 e. The Balaban J connectivity index is 1.20. The summed E-state index contributed by atoms with van der Waals surface area (Å²) in [5.74, 6) is 1.45. The van der Waals surface area contributed by atoms with Crippen molar-refractivity contribution in [3.8, 4) is 0 Å². The quantitative estimate of drug-likeness (QED) is 0.737. The number of carbonyl (C=O) groups is 1. The van der Waals surface area contributed by atoms with Gasteiger partial charge >= 0.3 is 0 Å². The molecule has 4 rings (SSSR count). The van der Waals surface area contributed by atoms with Gasteiger partial charge in [0.1, 0.15) is 5.82 Å². The summed E-state index contributed by atoms with van der Waals surface area (Å²) in [6.07, 6.45) is 5.31. The monoisotopic (exact) mass is 366 g/mol. The first-order chi connectivity index (χ1) is 13.3. The number of fused-ring (bicyclic) bond motifs is 1. The molecule has 2 fully saturated rings. The number of piperazine rings is 1. The minimum atomic E-state index is 0.359. The van der Waals surface area contributed by atoms with E-state index in [4.69, 9.17) is 4.98 Å². The van der Waals surface area contributed by atoms with Crippen LogP contribution in [-0.2, 0) is 4.79 Å². The lowest BCUT2D eigenvalue weighted by Gasteiger charge is -2.35. The third kappa shape index (κ3) is 4.59. The molecule has 5 heteroatoms. The van der Waals surface area contributed by atoms with Crippen molar-refractivity contribution in [2.24, 2.45) is 0 Å². The Bertz CT molecular complexity index is 770. The van der Waals surface area contributed by atoms with Crippen molar-refractivity contribution in [1.29, 1.82) is 0 Å². The van der Waals surface area contributed by atoms with Gasteiger partial charge in [0, 0.05) is 51.1 Å². The Kier molecular flexibility index (Phi) is 5.87. The number of anilines is 1. The highest BCUT2D eigenvalue weighted by atomic mass is 16.2. The summed E-state index contributed by atoms with van der Waals surface area (Å²) < 4.78 is 0. The molecule has 1 amide bonds. The SMILES string of the molecule is O=C1CCCCN1CCCCN1CCN(c2ccc3ccccc3n2)CC1. The second-order valence-corrected chi connectivity index (χ2v) is 7.74. The molecular weight excluding hydrogens is 336 g/mol. The third-order valence-electron chi connectivity index (χ3n) is 5.85. The van der Waals surface area contributed by atoms with E-state index in [0.29, 0.717) is 5.91 Å². The number of nitrogens with zero attached hydrogens (tertiary/aromatic N) is 4. The minimum Gasteiger partial charge on any atom is -0.354 e. The highest BCUT2D eigenvalue weighted by Gasteiger charge is 2.19. The zero-order valence-electron chi connectivity index (χ0n) is 16.1. The van der Waals surface area contributed by atoms with Gasteiger partial charge in [0.25, 0.3) is 0 Å². The number of unbranched alkanes of at least 4 members (excludes halogenated alkanes) is 1. The van der Waals surface area contributed by atoms with Crippen molar-refractivity contribution in [2.45, 2.75) is 32.1 Å². The number of amides is 1. The van der Waals surface area contributed by atoms with Gasteiger partial charge in [-0.3, -0.25) is 9.69 Å². The van der Waals surface area contributed by atoms with Crippen LogP contribution >= 0.6 is 0 Å². The number of likely N-dealkylation sites (tertiary alicyclic amines) is 1. The summed E-state index contributed by atoms with van der Waals surface area (Å²) in [7, 11) is 0. The average molecular weight is 367 g/mol. The fourth-order valence-corrected chi connectivity index (χ4v) is 4.17. The van der Waals surface area contributed by atoms with Crippen LogP contribution in [0.3, 0.4) is 0 Å². The molecule has 3 heterocycles. The number of pyridine rings is 1. The van der Waals surface area contributed by atoms with Crippen molar-refractivity contribution in [2.75, 3.05) is 50.7 Å². The molecule has 5 nitrogen and oxygen atoms in total. The lowest BCUT2D eigenvalue weighted by molar-refractivity contribution is -0.133. The smallest absolute Gasteiger partial charge is 0.222 e. The topological polar surface area (TPSA) is 39.7 Å². The van der Waals surface area contributed by atoms with Gasteiger partial charge in [-0.25, -0.2) is 4.98 Å². The van der Waals surface area contributed by atoms with Gasteiger partial charge in [0.2, 0.25) is 5.91 Å². The molecule has 0 aliphatic carbocycles. The fourth-order valence-electron chi connectivity index (χ4n) is 4.17. The van der Waals surface area contributed by atoms with Crippen LogP contribution in [0.1, 0.15) is 32.1 Å². The number of carbonyl (C=O) groups excluding carboxylic acids is 1. The number of rotatable bonds is 6. The van der Waals surface area contributed by atoms with Crippen molar-refractivity contribution in [3.05, 3.63) is 36.4 Å².